The van der Waals surface area contributed by atoms with Crippen LogP contribution in [0.1, 0.15) is 34.5 Å². The summed E-state index contributed by atoms with van der Waals surface area (Å²) in [4.78, 5) is 12.1. The minimum Gasteiger partial charge on any atom is -0.345 e. The van der Waals surface area contributed by atoms with Crippen molar-refractivity contribution >= 4 is 17.5 Å². The van der Waals surface area contributed by atoms with Crippen LogP contribution in [0.2, 0.25) is 5.02 Å². The van der Waals surface area contributed by atoms with Crippen LogP contribution in [0.5, 0.6) is 0 Å². The van der Waals surface area contributed by atoms with Gasteiger partial charge in [-0.05, 0) is 42.8 Å². The van der Waals surface area contributed by atoms with E-state index in [2.05, 4.69) is 5.32 Å². The Hall–Kier alpha value is -2.31. The molecule has 0 spiro atoms. The average molecular weight is 285 g/mol. The maximum atomic E-state index is 12.1. The lowest BCUT2D eigenvalue weighted by Gasteiger charge is -2.15. The molecule has 1 N–H and O–H groups in total. The van der Waals surface area contributed by atoms with Crippen LogP contribution in [0.15, 0.2) is 48.5 Å². The first kappa shape index (κ1) is 14.1. The van der Waals surface area contributed by atoms with E-state index in [9.17, 15) is 4.79 Å². The molecule has 2 aromatic carbocycles. The average Bonchev–Trinajstić information content (AvgIpc) is 2.47. The molecule has 0 aliphatic carbocycles. The number of nitriles is 1. The number of rotatable bonds is 3. The van der Waals surface area contributed by atoms with Gasteiger partial charge < -0.3 is 5.32 Å². The third kappa shape index (κ3) is 3.17. The van der Waals surface area contributed by atoms with Gasteiger partial charge in [0.1, 0.15) is 0 Å². The Labute approximate surface area is 122 Å². The highest BCUT2D eigenvalue weighted by Gasteiger charge is 2.13. The SMILES string of the molecule is C[C@H](NC(=O)c1ccc(C#N)cc1)c1ccccc1Cl. The molecule has 0 aliphatic heterocycles. The predicted octanol–water partition coefficient (Wildman–Crippen LogP) is 3.70. The topological polar surface area (TPSA) is 52.9 Å². The third-order valence-electron chi connectivity index (χ3n) is 3.00. The van der Waals surface area contributed by atoms with Gasteiger partial charge in [0, 0.05) is 10.6 Å². The van der Waals surface area contributed by atoms with Crippen molar-refractivity contribution in [3.05, 3.63) is 70.2 Å². The lowest BCUT2D eigenvalue weighted by Crippen LogP contribution is -2.26. The van der Waals surface area contributed by atoms with Crippen LogP contribution in [0.25, 0.3) is 0 Å². The monoisotopic (exact) mass is 284 g/mol. The van der Waals surface area contributed by atoms with Gasteiger partial charge in [-0.3, -0.25) is 4.79 Å². The van der Waals surface area contributed by atoms with Crippen molar-refractivity contribution in [3.8, 4) is 6.07 Å². The number of nitrogens with one attached hydrogen (secondary N) is 1. The fourth-order valence-electron chi connectivity index (χ4n) is 1.88. The number of benzene rings is 2. The van der Waals surface area contributed by atoms with Gasteiger partial charge in [-0.1, -0.05) is 29.8 Å². The zero-order valence-corrected chi connectivity index (χ0v) is 11.7. The lowest BCUT2D eigenvalue weighted by atomic mass is 10.1. The Morgan fingerprint density at radius 2 is 1.85 bits per heavy atom. The molecule has 1 atom stereocenters. The summed E-state index contributed by atoms with van der Waals surface area (Å²) in [6.07, 6.45) is 0. The summed E-state index contributed by atoms with van der Waals surface area (Å²) in [5, 5.41) is 12.2. The molecule has 1 amide bonds. The van der Waals surface area contributed by atoms with Gasteiger partial charge >= 0.3 is 0 Å². The van der Waals surface area contributed by atoms with E-state index < -0.39 is 0 Å². The van der Waals surface area contributed by atoms with Crippen LogP contribution in [0.4, 0.5) is 0 Å². The number of halogens is 1. The van der Waals surface area contributed by atoms with E-state index in [0.717, 1.165) is 5.56 Å². The Bertz CT molecular complexity index is 659. The molecule has 0 heterocycles. The first-order chi connectivity index (χ1) is 9.61. The molecule has 0 radical (unpaired) electrons. The van der Waals surface area contributed by atoms with E-state index in [1.807, 2.05) is 31.2 Å². The summed E-state index contributed by atoms with van der Waals surface area (Å²) >= 11 is 6.10. The van der Waals surface area contributed by atoms with Crippen LogP contribution >= 0.6 is 11.6 Å². The van der Waals surface area contributed by atoms with Crippen LogP contribution in [0.3, 0.4) is 0 Å². The molecular formula is C16H13ClN2O. The standard InChI is InChI=1S/C16H13ClN2O/c1-11(14-4-2-3-5-15(14)17)19-16(20)13-8-6-12(10-18)7-9-13/h2-9,11H,1H3,(H,19,20)/t11-/m0/s1. The van der Waals surface area contributed by atoms with Gasteiger partial charge in [-0.2, -0.15) is 5.26 Å². The smallest absolute Gasteiger partial charge is 0.251 e. The Balaban J connectivity index is 2.11. The Kier molecular flexibility index (Phi) is 4.39. The van der Waals surface area contributed by atoms with Gasteiger partial charge in [0.25, 0.3) is 5.91 Å². The summed E-state index contributed by atoms with van der Waals surface area (Å²) in [5.74, 6) is -0.193. The van der Waals surface area contributed by atoms with Crippen molar-refractivity contribution < 1.29 is 4.79 Å². The van der Waals surface area contributed by atoms with E-state index in [1.54, 1.807) is 30.3 Å². The second kappa shape index (κ2) is 6.23. The van der Waals surface area contributed by atoms with Crippen molar-refractivity contribution in [1.29, 1.82) is 5.26 Å². The zero-order valence-electron chi connectivity index (χ0n) is 10.9. The normalized spacial score (nSPS) is 11.4. The summed E-state index contributed by atoms with van der Waals surface area (Å²) in [5.41, 5.74) is 1.92. The van der Waals surface area contributed by atoms with Crippen LogP contribution in [-0.4, -0.2) is 5.91 Å². The molecule has 0 unspecified atom stereocenters. The molecule has 4 heteroatoms. The lowest BCUT2D eigenvalue weighted by molar-refractivity contribution is 0.0940. The van der Waals surface area contributed by atoms with Crippen molar-refractivity contribution in [2.75, 3.05) is 0 Å². The number of carbonyl (C=O) groups excluding carboxylic acids is 1. The Morgan fingerprint density at radius 1 is 1.20 bits per heavy atom. The number of nitrogens with zero attached hydrogens (tertiary/aromatic N) is 1. The number of hydrogen-bond acceptors (Lipinski definition) is 2. The minimum atomic E-state index is -0.193. The summed E-state index contributed by atoms with van der Waals surface area (Å²) in [7, 11) is 0. The molecule has 2 aromatic rings. The summed E-state index contributed by atoms with van der Waals surface area (Å²) < 4.78 is 0. The third-order valence-corrected chi connectivity index (χ3v) is 3.34. The number of hydrogen-bond donors (Lipinski definition) is 1. The molecule has 2 rings (SSSR count). The zero-order chi connectivity index (χ0) is 14.5. The molecule has 3 nitrogen and oxygen atoms in total. The predicted molar refractivity (Wildman–Crippen MR) is 78.5 cm³/mol. The second-order valence-corrected chi connectivity index (χ2v) is 4.81. The highest BCUT2D eigenvalue weighted by Crippen LogP contribution is 2.22. The summed E-state index contributed by atoms with van der Waals surface area (Å²) in [6.45, 7) is 1.88. The molecular weight excluding hydrogens is 272 g/mol. The van der Waals surface area contributed by atoms with Crippen LogP contribution < -0.4 is 5.32 Å². The van der Waals surface area contributed by atoms with Gasteiger partial charge in [0.15, 0.2) is 0 Å². The van der Waals surface area contributed by atoms with Crippen LogP contribution in [-0.2, 0) is 0 Å². The van der Waals surface area contributed by atoms with Crippen molar-refractivity contribution in [1.82, 2.24) is 5.32 Å². The van der Waals surface area contributed by atoms with E-state index in [0.29, 0.717) is 16.1 Å². The fourth-order valence-corrected chi connectivity index (χ4v) is 2.18. The van der Waals surface area contributed by atoms with E-state index in [-0.39, 0.29) is 11.9 Å². The maximum Gasteiger partial charge on any atom is 0.251 e. The summed E-state index contributed by atoms with van der Waals surface area (Å²) in [6, 6.07) is 15.7. The highest BCUT2D eigenvalue weighted by atomic mass is 35.5. The molecule has 0 saturated carbocycles. The highest BCUT2D eigenvalue weighted by molar-refractivity contribution is 6.31. The van der Waals surface area contributed by atoms with Gasteiger partial charge in [0.2, 0.25) is 0 Å². The van der Waals surface area contributed by atoms with Crippen LogP contribution in [0, 0.1) is 11.3 Å². The largest absolute Gasteiger partial charge is 0.345 e. The van der Waals surface area contributed by atoms with E-state index in [1.165, 1.54) is 0 Å². The quantitative estimate of drug-likeness (QED) is 0.934. The molecule has 0 fully saturated rings. The van der Waals surface area contributed by atoms with Gasteiger partial charge in [-0.25, -0.2) is 0 Å². The van der Waals surface area contributed by atoms with E-state index in [4.69, 9.17) is 16.9 Å². The first-order valence-electron chi connectivity index (χ1n) is 6.17. The molecule has 0 aliphatic rings. The molecule has 0 saturated heterocycles. The van der Waals surface area contributed by atoms with Crippen molar-refractivity contribution in [3.63, 3.8) is 0 Å². The molecule has 100 valence electrons. The van der Waals surface area contributed by atoms with Crippen molar-refractivity contribution in [2.24, 2.45) is 0 Å². The first-order valence-corrected chi connectivity index (χ1v) is 6.55. The molecule has 20 heavy (non-hydrogen) atoms. The molecule has 0 bridgehead atoms. The van der Waals surface area contributed by atoms with E-state index >= 15 is 0 Å². The molecule has 0 aromatic heterocycles. The van der Waals surface area contributed by atoms with Crippen molar-refractivity contribution in [2.45, 2.75) is 13.0 Å². The number of carbonyl (C=O) groups is 1. The maximum absolute atomic E-state index is 12.1. The van der Waals surface area contributed by atoms with Gasteiger partial charge in [0.05, 0.1) is 17.7 Å². The Morgan fingerprint density at radius 3 is 2.45 bits per heavy atom. The van der Waals surface area contributed by atoms with Gasteiger partial charge in [-0.15, -0.1) is 0 Å². The fraction of sp³-hybridized carbons (Fsp3) is 0.125. The minimum absolute atomic E-state index is 0.188. The number of amides is 1. The second-order valence-electron chi connectivity index (χ2n) is 4.41.